The number of carbonyl (C=O) groups is 1. The number of rotatable bonds is 5. The molecule has 2 aliphatic rings. The van der Waals surface area contributed by atoms with E-state index in [0.717, 1.165) is 48.4 Å². The summed E-state index contributed by atoms with van der Waals surface area (Å²) in [5.41, 5.74) is 3.85. The average molecular weight is 451 g/mol. The van der Waals surface area contributed by atoms with Crippen molar-refractivity contribution in [3.63, 3.8) is 0 Å². The third kappa shape index (κ3) is 3.57. The van der Waals surface area contributed by atoms with Crippen molar-refractivity contribution < 1.29 is 4.79 Å². The van der Waals surface area contributed by atoms with Gasteiger partial charge in [-0.25, -0.2) is 0 Å². The van der Waals surface area contributed by atoms with Gasteiger partial charge in [0.2, 0.25) is 5.91 Å². The van der Waals surface area contributed by atoms with Crippen LogP contribution in [0.25, 0.3) is 0 Å². The van der Waals surface area contributed by atoms with Gasteiger partial charge in [-0.15, -0.1) is 0 Å². The van der Waals surface area contributed by atoms with Crippen molar-refractivity contribution in [1.29, 1.82) is 0 Å². The Morgan fingerprint density at radius 2 is 1.72 bits per heavy atom. The molecule has 166 valence electrons. The number of para-hydroxylation sites is 1. The summed E-state index contributed by atoms with van der Waals surface area (Å²) in [6.07, 6.45) is 2.24. The maximum atomic E-state index is 12.8. The van der Waals surface area contributed by atoms with Crippen LogP contribution in [-0.2, 0) is 17.8 Å². The second-order valence-corrected chi connectivity index (χ2v) is 8.91. The summed E-state index contributed by atoms with van der Waals surface area (Å²) in [4.78, 5) is 29.5. The number of fused-ring (bicyclic) bond motifs is 1. The highest BCUT2D eigenvalue weighted by atomic mass is 35.5. The maximum Gasteiger partial charge on any atom is 0.283 e. The number of benzene rings is 2. The molecule has 0 aliphatic carbocycles. The minimum Gasteiger partial charge on any atom is -0.309 e. The van der Waals surface area contributed by atoms with Gasteiger partial charge in [-0.1, -0.05) is 60.1 Å². The fourth-order valence-corrected chi connectivity index (χ4v) is 5.49. The molecular weight excluding hydrogens is 424 g/mol. The molecule has 6 nitrogen and oxygen atoms in total. The smallest absolute Gasteiger partial charge is 0.283 e. The molecule has 2 aliphatic heterocycles. The lowest BCUT2D eigenvalue weighted by atomic mass is 9.96. The van der Waals surface area contributed by atoms with E-state index in [1.165, 1.54) is 0 Å². The molecule has 1 atom stereocenters. The van der Waals surface area contributed by atoms with Gasteiger partial charge in [-0.3, -0.25) is 24.3 Å². The molecule has 3 aromatic rings. The van der Waals surface area contributed by atoms with Gasteiger partial charge in [0.1, 0.15) is 5.02 Å². The molecule has 0 bridgehead atoms. The summed E-state index contributed by atoms with van der Waals surface area (Å²) in [7, 11) is 0. The quantitative estimate of drug-likeness (QED) is 0.639. The van der Waals surface area contributed by atoms with Crippen LogP contribution in [0, 0.1) is 0 Å². The Bertz CT molecular complexity index is 1180. The normalized spacial score (nSPS) is 18.2. The number of amides is 1. The van der Waals surface area contributed by atoms with Crippen LogP contribution in [0.15, 0.2) is 59.4 Å². The Balaban J connectivity index is 1.43. The number of likely N-dealkylation sites (tertiary alicyclic amines) is 1. The first-order valence-electron chi connectivity index (χ1n) is 11.3. The number of hydrogen-bond donors (Lipinski definition) is 1. The number of carbonyl (C=O) groups excluding carboxylic acids is 1. The Morgan fingerprint density at radius 1 is 1.03 bits per heavy atom. The molecule has 32 heavy (non-hydrogen) atoms. The van der Waals surface area contributed by atoms with E-state index in [1.54, 1.807) is 0 Å². The second-order valence-electron chi connectivity index (χ2n) is 8.53. The van der Waals surface area contributed by atoms with E-state index >= 15 is 0 Å². The van der Waals surface area contributed by atoms with Crippen LogP contribution in [0.2, 0.25) is 5.02 Å². The first-order valence-corrected chi connectivity index (χ1v) is 11.6. The number of halogens is 1. The topological polar surface area (TPSA) is 61.3 Å². The molecule has 0 radical (unpaired) electrons. The number of H-pyrrole nitrogens is 1. The van der Waals surface area contributed by atoms with E-state index < -0.39 is 0 Å². The first kappa shape index (κ1) is 21.0. The van der Waals surface area contributed by atoms with Gasteiger partial charge in [-0.2, -0.15) is 0 Å². The predicted molar refractivity (Wildman–Crippen MR) is 126 cm³/mol. The van der Waals surface area contributed by atoms with Crippen molar-refractivity contribution in [2.24, 2.45) is 0 Å². The predicted octanol–water partition coefficient (Wildman–Crippen LogP) is 3.99. The van der Waals surface area contributed by atoms with Gasteiger partial charge in [0.15, 0.2) is 0 Å². The van der Waals surface area contributed by atoms with Crippen molar-refractivity contribution in [2.75, 3.05) is 18.0 Å². The van der Waals surface area contributed by atoms with Crippen molar-refractivity contribution in [2.45, 2.75) is 44.8 Å². The van der Waals surface area contributed by atoms with E-state index in [0.29, 0.717) is 13.0 Å². The Morgan fingerprint density at radius 3 is 2.44 bits per heavy atom. The molecule has 0 spiro atoms. The average Bonchev–Trinajstić information content (AvgIpc) is 3.31. The van der Waals surface area contributed by atoms with Crippen LogP contribution in [0.5, 0.6) is 0 Å². The number of nitrogens with one attached hydrogen (secondary N) is 1. The van der Waals surface area contributed by atoms with Crippen molar-refractivity contribution in [1.82, 2.24) is 14.7 Å². The zero-order chi connectivity index (χ0) is 22.2. The number of aromatic amines is 1. The maximum absolute atomic E-state index is 12.8. The molecule has 1 saturated heterocycles. The third-order valence-electron chi connectivity index (χ3n) is 6.73. The molecule has 5 rings (SSSR count). The van der Waals surface area contributed by atoms with Gasteiger partial charge in [0.25, 0.3) is 5.56 Å². The Kier molecular flexibility index (Phi) is 5.66. The molecule has 1 N–H and O–H groups in total. The molecule has 1 unspecified atom stereocenters. The number of hydrogen-bond acceptors (Lipinski definition) is 3. The Hall–Kier alpha value is -2.83. The number of piperidine rings is 1. The van der Waals surface area contributed by atoms with Crippen LogP contribution in [-0.4, -0.2) is 39.7 Å². The highest BCUT2D eigenvalue weighted by molar-refractivity contribution is 6.31. The summed E-state index contributed by atoms with van der Waals surface area (Å²) < 4.78 is 1.86. The van der Waals surface area contributed by atoms with Crippen molar-refractivity contribution in [3.05, 3.63) is 86.8 Å². The van der Waals surface area contributed by atoms with Gasteiger partial charge >= 0.3 is 0 Å². The van der Waals surface area contributed by atoms with Crippen molar-refractivity contribution in [3.8, 4) is 0 Å². The lowest BCUT2D eigenvalue weighted by Gasteiger charge is -2.41. The molecule has 1 amide bonds. The first-order chi connectivity index (χ1) is 15.6. The van der Waals surface area contributed by atoms with Gasteiger partial charge in [0, 0.05) is 31.4 Å². The molecule has 1 aromatic heterocycles. The van der Waals surface area contributed by atoms with Crippen LogP contribution < -0.4 is 10.5 Å². The molecule has 1 fully saturated rings. The van der Waals surface area contributed by atoms with Gasteiger partial charge in [-0.05, 0) is 37.0 Å². The third-order valence-corrected chi connectivity index (χ3v) is 7.10. The monoisotopic (exact) mass is 450 g/mol. The van der Waals surface area contributed by atoms with E-state index in [1.807, 2.05) is 52.9 Å². The SMILES string of the molecule is CCn1[nH]c(=O)c(Cl)c1C(c1ccccc1)N1CCC(N2C(=O)Cc3ccccc32)CC1. The highest BCUT2D eigenvalue weighted by Crippen LogP contribution is 2.37. The summed E-state index contributed by atoms with van der Waals surface area (Å²) in [6.45, 7) is 4.27. The molecule has 0 saturated carbocycles. The molecule has 7 heteroatoms. The Labute approximate surface area is 192 Å². The lowest BCUT2D eigenvalue weighted by molar-refractivity contribution is -0.118. The van der Waals surface area contributed by atoms with Gasteiger partial charge < -0.3 is 4.90 Å². The summed E-state index contributed by atoms with van der Waals surface area (Å²) >= 11 is 6.52. The standard InChI is InChI=1S/C25H27ClN4O2/c1-2-29-24(22(26)25(32)27-29)23(17-8-4-3-5-9-17)28-14-12-19(13-15-28)30-20-11-7-6-10-18(20)16-21(30)31/h3-11,19,23H,2,12-16H2,1H3,(H,27,32). The van der Waals surface area contributed by atoms with Crippen molar-refractivity contribution >= 4 is 23.2 Å². The fraction of sp³-hybridized carbons (Fsp3) is 0.360. The zero-order valence-corrected chi connectivity index (χ0v) is 18.9. The van der Waals surface area contributed by atoms with E-state index in [-0.39, 0.29) is 28.6 Å². The van der Waals surface area contributed by atoms with E-state index in [2.05, 4.69) is 28.2 Å². The minimum atomic E-state index is -0.251. The molecule has 2 aromatic carbocycles. The summed E-state index contributed by atoms with van der Waals surface area (Å²) in [5.74, 6) is 0.192. The van der Waals surface area contributed by atoms with E-state index in [9.17, 15) is 9.59 Å². The number of nitrogens with zero attached hydrogens (tertiary/aromatic N) is 3. The summed E-state index contributed by atoms with van der Waals surface area (Å²) in [5, 5.41) is 3.13. The largest absolute Gasteiger partial charge is 0.309 e. The van der Waals surface area contributed by atoms with Crippen LogP contribution >= 0.6 is 11.6 Å². The van der Waals surface area contributed by atoms with Gasteiger partial charge in [0.05, 0.1) is 18.2 Å². The number of aryl methyl sites for hydroxylation is 1. The van der Waals surface area contributed by atoms with Crippen LogP contribution in [0.3, 0.4) is 0 Å². The lowest BCUT2D eigenvalue weighted by Crippen LogP contribution is -2.47. The number of aromatic nitrogens is 2. The molecular formula is C25H27ClN4O2. The summed E-state index contributed by atoms with van der Waals surface area (Å²) in [6, 6.07) is 18.4. The van der Waals surface area contributed by atoms with Crippen LogP contribution in [0.4, 0.5) is 5.69 Å². The minimum absolute atomic E-state index is 0.120. The van der Waals surface area contributed by atoms with Crippen LogP contribution in [0.1, 0.15) is 42.6 Å². The zero-order valence-electron chi connectivity index (χ0n) is 18.1. The molecule has 3 heterocycles. The second kappa shape index (κ2) is 8.60. The highest BCUT2D eigenvalue weighted by Gasteiger charge is 2.37. The van der Waals surface area contributed by atoms with E-state index in [4.69, 9.17) is 11.6 Å². The number of anilines is 1. The fourth-order valence-electron chi connectivity index (χ4n) is 5.24.